The summed E-state index contributed by atoms with van der Waals surface area (Å²) in [5, 5.41) is 0. The Bertz CT molecular complexity index is 729. The Balaban J connectivity index is 1.74. The third-order valence-electron chi connectivity index (χ3n) is 3.66. The second-order valence-corrected chi connectivity index (χ2v) is 4.95. The number of carbonyl (C=O) groups is 1. The lowest BCUT2D eigenvalue weighted by Gasteiger charge is -1.99. The first-order valence-corrected chi connectivity index (χ1v) is 6.54. The number of benzene rings is 2. The summed E-state index contributed by atoms with van der Waals surface area (Å²) in [7, 11) is 0. The highest BCUT2D eigenvalue weighted by atomic mass is 16.7. The van der Waals surface area contributed by atoms with Gasteiger partial charge in [0.2, 0.25) is 6.79 Å². The van der Waals surface area contributed by atoms with E-state index in [4.69, 9.17) is 9.47 Å². The summed E-state index contributed by atoms with van der Waals surface area (Å²) in [6, 6.07) is 13.6. The zero-order chi connectivity index (χ0) is 13.5. The van der Waals surface area contributed by atoms with Gasteiger partial charge in [-0.1, -0.05) is 30.3 Å². The van der Waals surface area contributed by atoms with Gasteiger partial charge in [0, 0.05) is 17.6 Å². The number of ether oxygens (including phenoxy) is 2. The summed E-state index contributed by atoms with van der Waals surface area (Å²) in [6.07, 6.45) is 2.61. The average molecular weight is 264 g/mol. The molecule has 0 radical (unpaired) electrons. The molecule has 0 aromatic heterocycles. The molecule has 98 valence electrons. The lowest BCUT2D eigenvalue weighted by atomic mass is 10.1. The van der Waals surface area contributed by atoms with Gasteiger partial charge in [-0.15, -0.1) is 0 Å². The second-order valence-electron chi connectivity index (χ2n) is 4.95. The van der Waals surface area contributed by atoms with Crippen LogP contribution >= 0.6 is 0 Å². The van der Waals surface area contributed by atoms with Crippen LogP contribution in [0.1, 0.15) is 21.5 Å². The minimum absolute atomic E-state index is 0.0853. The van der Waals surface area contributed by atoms with Crippen LogP contribution in [0.3, 0.4) is 0 Å². The number of allylic oxidation sites excluding steroid dienone is 1. The van der Waals surface area contributed by atoms with E-state index in [1.54, 1.807) is 6.07 Å². The van der Waals surface area contributed by atoms with Crippen molar-refractivity contribution in [3.8, 4) is 11.5 Å². The summed E-state index contributed by atoms with van der Waals surface area (Å²) >= 11 is 0. The molecule has 1 aliphatic carbocycles. The molecule has 3 nitrogen and oxygen atoms in total. The zero-order valence-electron chi connectivity index (χ0n) is 10.8. The molecule has 1 heterocycles. The van der Waals surface area contributed by atoms with Crippen molar-refractivity contribution >= 4 is 11.9 Å². The molecule has 0 fully saturated rings. The van der Waals surface area contributed by atoms with Crippen LogP contribution in [0.4, 0.5) is 0 Å². The molecule has 0 atom stereocenters. The first-order chi connectivity index (χ1) is 9.81. The van der Waals surface area contributed by atoms with Gasteiger partial charge in [-0.2, -0.15) is 0 Å². The SMILES string of the molecule is O=C1/C(=C\c2ccccc2)Cc2cc3c(cc21)OCO3. The van der Waals surface area contributed by atoms with Crippen molar-refractivity contribution in [1.82, 2.24) is 0 Å². The molecular weight excluding hydrogens is 252 g/mol. The van der Waals surface area contributed by atoms with E-state index in [1.807, 2.05) is 42.5 Å². The van der Waals surface area contributed by atoms with Gasteiger partial charge in [0.1, 0.15) is 0 Å². The molecule has 0 N–H and O–H groups in total. The molecule has 0 bridgehead atoms. The summed E-state index contributed by atoms with van der Waals surface area (Å²) in [5.74, 6) is 1.48. The van der Waals surface area contributed by atoms with Gasteiger partial charge in [0.05, 0.1) is 0 Å². The van der Waals surface area contributed by atoms with Crippen molar-refractivity contribution in [2.24, 2.45) is 0 Å². The van der Waals surface area contributed by atoms with Gasteiger partial charge in [-0.05, 0) is 29.3 Å². The lowest BCUT2D eigenvalue weighted by molar-refractivity contribution is 0.104. The van der Waals surface area contributed by atoms with Crippen LogP contribution in [0, 0.1) is 0 Å². The van der Waals surface area contributed by atoms with E-state index in [0.717, 1.165) is 28.0 Å². The Morgan fingerprint density at radius 3 is 2.55 bits per heavy atom. The Hall–Kier alpha value is -2.55. The van der Waals surface area contributed by atoms with E-state index >= 15 is 0 Å². The first kappa shape index (κ1) is 11.3. The van der Waals surface area contributed by atoms with Gasteiger partial charge < -0.3 is 9.47 Å². The van der Waals surface area contributed by atoms with Crippen LogP contribution in [0.2, 0.25) is 0 Å². The maximum Gasteiger partial charge on any atom is 0.231 e. The Morgan fingerprint density at radius 2 is 1.75 bits per heavy atom. The molecule has 0 unspecified atom stereocenters. The molecule has 0 spiro atoms. The second kappa shape index (κ2) is 4.23. The molecule has 2 aromatic rings. The van der Waals surface area contributed by atoms with E-state index in [9.17, 15) is 4.79 Å². The number of carbonyl (C=O) groups excluding carboxylic acids is 1. The summed E-state index contributed by atoms with van der Waals surface area (Å²) < 4.78 is 10.7. The van der Waals surface area contributed by atoms with E-state index in [0.29, 0.717) is 12.2 Å². The summed E-state index contributed by atoms with van der Waals surface area (Å²) in [6.45, 7) is 0.235. The zero-order valence-corrected chi connectivity index (χ0v) is 10.8. The maximum absolute atomic E-state index is 12.4. The standard InChI is InChI=1S/C17H12O3/c18-17-13(6-11-4-2-1-3-5-11)7-12-8-15-16(9-14(12)17)20-10-19-15/h1-6,8-9H,7,10H2/b13-6-. The molecule has 2 aromatic carbocycles. The third-order valence-corrected chi connectivity index (χ3v) is 3.66. The Labute approximate surface area is 116 Å². The van der Waals surface area contributed by atoms with Crippen molar-refractivity contribution in [3.05, 3.63) is 64.7 Å². The largest absolute Gasteiger partial charge is 0.454 e. The van der Waals surface area contributed by atoms with Crippen molar-refractivity contribution in [3.63, 3.8) is 0 Å². The quantitative estimate of drug-likeness (QED) is 0.742. The first-order valence-electron chi connectivity index (χ1n) is 6.54. The van der Waals surface area contributed by atoms with Gasteiger partial charge in [0.25, 0.3) is 0 Å². The van der Waals surface area contributed by atoms with Crippen LogP contribution in [0.25, 0.3) is 6.08 Å². The van der Waals surface area contributed by atoms with Crippen molar-refractivity contribution < 1.29 is 14.3 Å². The fourth-order valence-corrected chi connectivity index (χ4v) is 2.67. The molecule has 1 aliphatic heterocycles. The van der Waals surface area contributed by atoms with Crippen LogP contribution in [0.5, 0.6) is 11.5 Å². The fraction of sp³-hybridized carbons (Fsp3) is 0.118. The number of hydrogen-bond acceptors (Lipinski definition) is 3. The molecule has 0 amide bonds. The van der Waals surface area contributed by atoms with Gasteiger partial charge in [-0.25, -0.2) is 0 Å². The molecular formula is C17H12O3. The van der Waals surface area contributed by atoms with Crippen LogP contribution in [-0.2, 0) is 6.42 Å². The van der Waals surface area contributed by atoms with Crippen molar-refractivity contribution in [2.45, 2.75) is 6.42 Å². The molecule has 20 heavy (non-hydrogen) atoms. The summed E-state index contributed by atoms with van der Waals surface area (Å²) in [5.41, 5.74) is 3.61. The smallest absolute Gasteiger partial charge is 0.231 e. The highest BCUT2D eigenvalue weighted by Gasteiger charge is 2.28. The minimum Gasteiger partial charge on any atom is -0.454 e. The monoisotopic (exact) mass is 264 g/mol. The van der Waals surface area contributed by atoms with Crippen LogP contribution in [0.15, 0.2) is 48.0 Å². The molecule has 3 heteroatoms. The van der Waals surface area contributed by atoms with Crippen LogP contribution in [-0.4, -0.2) is 12.6 Å². The number of rotatable bonds is 1. The van der Waals surface area contributed by atoms with Gasteiger partial charge >= 0.3 is 0 Å². The van der Waals surface area contributed by atoms with Crippen LogP contribution < -0.4 is 9.47 Å². The lowest BCUT2D eigenvalue weighted by Crippen LogP contribution is -1.96. The highest BCUT2D eigenvalue weighted by Crippen LogP contribution is 2.39. The molecule has 4 rings (SSSR count). The topological polar surface area (TPSA) is 35.5 Å². The fourth-order valence-electron chi connectivity index (χ4n) is 2.67. The maximum atomic E-state index is 12.4. The normalized spacial score (nSPS) is 17.6. The van der Waals surface area contributed by atoms with Crippen molar-refractivity contribution in [1.29, 1.82) is 0 Å². The third kappa shape index (κ3) is 1.71. The number of fused-ring (bicyclic) bond motifs is 2. The van der Waals surface area contributed by atoms with Gasteiger partial charge in [-0.3, -0.25) is 4.79 Å². The van der Waals surface area contributed by atoms with Gasteiger partial charge in [0.15, 0.2) is 17.3 Å². The molecule has 0 saturated carbocycles. The minimum atomic E-state index is 0.0853. The van der Waals surface area contributed by atoms with E-state index < -0.39 is 0 Å². The predicted molar refractivity (Wildman–Crippen MR) is 75.0 cm³/mol. The number of Topliss-reactive ketones (excluding diaryl/α,β-unsaturated/α-hetero) is 1. The molecule has 2 aliphatic rings. The number of ketones is 1. The average Bonchev–Trinajstić information content (AvgIpc) is 3.03. The van der Waals surface area contributed by atoms with E-state index in [-0.39, 0.29) is 12.6 Å². The molecule has 0 saturated heterocycles. The van der Waals surface area contributed by atoms with Crippen molar-refractivity contribution in [2.75, 3.05) is 6.79 Å². The summed E-state index contributed by atoms with van der Waals surface area (Å²) in [4.78, 5) is 12.4. The Morgan fingerprint density at radius 1 is 1.00 bits per heavy atom. The highest BCUT2D eigenvalue weighted by molar-refractivity contribution is 6.15. The van der Waals surface area contributed by atoms with E-state index in [1.165, 1.54) is 0 Å². The number of hydrogen-bond donors (Lipinski definition) is 0. The Kier molecular flexibility index (Phi) is 2.39. The van der Waals surface area contributed by atoms with E-state index in [2.05, 4.69) is 0 Å². The predicted octanol–water partition coefficient (Wildman–Crippen LogP) is 3.24.